The van der Waals surface area contributed by atoms with Gasteiger partial charge in [0.1, 0.15) is 0 Å². The van der Waals surface area contributed by atoms with Crippen molar-refractivity contribution in [2.24, 2.45) is 0 Å². The summed E-state index contributed by atoms with van der Waals surface area (Å²) < 4.78 is 0. The van der Waals surface area contributed by atoms with Crippen LogP contribution < -0.4 is 0 Å². The van der Waals surface area contributed by atoms with Crippen molar-refractivity contribution in [3.63, 3.8) is 0 Å². The zero-order valence-corrected chi connectivity index (χ0v) is 18.7. The van der Waals surface area contributed by atoms with Crippen LogP contribution in [0.1, 0.15) is 16.1 Å². The summed E-state index contributed by atoms with van der Waals surface area (Å²) in [5, 5.41) is 8.91. The van der Waals surface area contributed by atoms with Gasteiger partial charge >= 0.3 is 0 Å². The lowest BCUT2D eigenvalue weighted by Crippen LogP contribution is -2.51. The lowest BCUT2D eigenvalue weighted by molar-refractivity contribution is -0.132. The number of nitrogens with zero attached hydrogens (tertiary/aromatic N) is 4. The molecule has 0 saturated carbocycles. The molecule has 3 aromatic rings. The molecule has 162 valence electrons. The molecule has 0 atom stereocenters. The van der Waals surface area contributed by atoms with Crippen LogP contribution in [-0.2, 0) is 11.3 Å². The number of rotatable bonds is 5. The van der Waals surface area contributed by atoms with Crippen molar-refractivity contribution >= 4 is 45.9 Å². The first kappa shape index (κ1) is 21.6. The number of para-hydroxylation sites is 1. The number of H-pyrrole nitrogens is 1. The second-order valence-electron chi connectivity index (χ2n) is 7.68. The molecule has 1 aromatic heterocycles. The van der Waals surface area contributed by atoms with Crippen LogP contribution >= 0.6 is 23.2 Å². The number of benzene rings is 2. The number of likely N-dealkylation sites (N-methyl/N-ethyl adjacent to an activating group) is 1. The summed E-state index contributed by atoms with van der Waals surface area (Å²) in [6.07, 6.45) is 0. The maximum Gasteiger partial charge on any atom is 0.275 e. The number of aromatic nitrogens is 2. The molecule has 0 aliphatic carbocycles. The number of nitrogens with one attached hydrogen (secondary N) is 1. The van der Waals surface area contributed by atoms with Crippen molar-refractivity contribution in [2.45, 2.75) is 6.54 Å². The highest BCUT2D eigenvalue weighted by molar-refractivity contribution is 6.42. The normalized spacial score (nSPS) is 14.7. The quantitative estimate of drug-likeness (QED) is 0.635. The lowest BCUT2D eigenvalue weighted by atomic mass is 10.2. The number of carbonyl (C=O) groups excluding carboxylic acids is 2. The van der Waals surface area contributed by atoms with Crippen LogP contribution in [-0.4, -0.2) is 76.5 Å². The smallest absolute Gasteiger partial charge is 0.275 e. The Morgan fingerprint density at radius 2 is 1.81 bits per heavy atom. The van der Waals surface area contributed by atoms with E-state index in [1.54, 1.807) is 29.0 Å². The van der Waals surface area contributed by atoms with Crippen LogP contribution in [0.25, 0.3) is 10.9 Å². The number of piperazine rings is 1. The fourth-order valence-corrected chi connectivity index (χ4v) is 4.02. The molecular weight excluding hydrogens is 437 g/mol. The van der Waals surface area contributed by atoms with Crippen LogP contribution in [0, 0.1) is 0 Å². The number of hydrogen-bond donors (Lipinski definition) is 1. The highest BCUT2D eigenvalue weighted by Crippen LogP contribution is 2.23. The number of fused-ring (bicyclic) bond motifs is 1. The summed E-state index contributed by atoms with van der Waals surface area (Å²) in [5.41, 5.74) is 2.22. The molecule has 31 heavy (non-hydrogen) atoms. The van der Waals surface area contributed by atoms with Crippen LogP contribution in [0.4, 0.5) is 0 Å². The van der Waals surface area contributed by atoms with Crippen molar-refractivity contribution in [1.82, 2.24) is 24.9 Å². The second-order valence-corrected chi connectivity index (χ2v) is 8.50. The molecule has 0 radical (unpaired) electrons. The van der Waals surface area contributed by atoms with Crippen LogP contribution in [0.2, 0.25) is 10.0 Å². The van der Waals surface area contributed by atoms with E-state index in [1.165, 1.54) is 0 Å². The van der Waals surface area contributed by atoms with Crippen molar-refractivity contribution < 1.29 is 9.59 Å². The highest BCUT2D eigenvalue weighted by Gasteiger charge is 2.26. The predicted molar refractivity (Wildman–Crippen MR) is 121 cm³/mol. The minimum atomic E-state index is -0.0832. The third-order valence-corrected chi connectivity index (χ3v) is 6.26. The van der Waals surface area contributed by atoms with Gasteiger partial charge in [-0.3, -0.25) is 19.6 Å². The summed E-state index contributed by atoms with van der Waals surface area (Å²) in [7, 11) is 1.77. The molecule has 2 aromatic carbocycles. The van der Waals surface area contributed by atoms with Gasteiger partial charge in [-0.25, -0.2) is 0 Å². The number of carbonyl (C=O) groups is 2. The third-order valence-electron chi connectivity index (χ3n) is 5.52. The van der Waals surface area contributed by atoms with Gasteiger partial charge in [0.05, 0.1) is 22.1 Å². The maximum atomic E-state index is 12.9. The van der Waals surface area contributed by atoms with Gasteiger partial charge in [-0.05, 0) is 23.8 Å². The topological polar surface area (TPSA) is 72.5 Å². The van der Waals surface area contributed by atoms with E-state index in [2.05, 4.69) is 15.1 Å². The monoisotopic (exact) mass is 459 g/mol. The highest BCUT2D eigenvalue weighted by atomic mass is 35.5. The lowest BCUT2D eigenvalue weighted by Gasteiger charge is -2.34. The summed E-state index contributed by atoms with van der Waals surface area (Å²) in [5.74, 6) is -0.0655. The molecule has 0 bridgehead atoms. The first-order valence-electron chi connectivity index (χ1n) is 10.0. The van der Waals surface area contributed by atoms with Crippen LogP contribution in [0.5, 0.6) is 0 Å². The van der Waals surface area contributed by atoms with Crippen LogP contribution in [0.15, 0.2) is 42.5 Å². The standard InChI is InChI=1S/C22H23Cl2N5O2/c1-27(13-15-6-7-17(23)18(24)12-15)20(30)14-28-8-10-29(11-9-28)22(31)21-16-4-2-3-5-19(16)25-26-21/h2-7,12H,8-11,13-14H2,1H3,(H,25,26). The molecule has 1 N–H and O–H groups in total. The number of amides is 2. The van der Waals surface area contributed by atoms with Crippen LogP contribution in [0.3, 0.4) is 0 Å². The van der Waals surface area contributed by atoms with E-state index in [1.807, 2.05) is 30.3 Å². The summed E-state index contributed by atoms with van der Waals surface area (Å²) in [6.45, 7) is 3.17. The van der Waals surface area contributed by atoms with Crippen molar-refractivity contribution in [3.05, 3.63) is 63.8 Å². The largest absolute Gasteiger partial charge is 0.340 e. The van der Waals surface area contributed by atoms with E-state index in [0.717, 1.165) is 16.5 Å². The second kappa shape index (κ2) is 9.26. The molecule has 1 aliphatic rings. The molecule has 2 heterocycles. The average molecular weight is 460 g/mol. The van der Waals surface area contributed by atoms with E-state index < -0.39 is 0 Å². The summed E-state index contributed by atoms with van der Waals surface area (Å²) in [4.78, 5) is 31.1. The summed E-state index contributed by atoms with van der Waals surface area (Å²) >= 11 is 12.0. The Balaban J connectivity index is 1.29. The summed E-state index contributed by atoms with van der Waals surface area (Å²) in [6, 6.07) is 13.0. The van der Waals surface area contributed by atoms with Gasteiger partial charge < -0.3 is 9.80 Å². The maximum absolute atomic E-state index is 12.9. The Hall–Kier alpha value is -2.61. The molecule has 7 nitrogen and oxygen atoms in total. The Morgan fingerprint density at radius 3 is 2.55 bits per heavy atom. The molecule has 1 saturated heterocycles. The SMILES string of the molecule is CN(Cc1ccc(Cl)c(Cl)c1)C(=O)CN1CCN(C(=O)c2n[nH]c3ccccc23)CC1. The van der Waals surface area contributed by atoms with Gasteiger partial charge in [0.2, 0.25) is 5.91 Å². The minimum absolute atomic E-state index is 0.0177. The Labute approximate surface area is 190 Å². The van der Waals surface area contributed by atoms with Crippen molar-refractivity contribution in [2.75, 3.05) is 39.8 Å². The van der Waals surface area contributed by atoms with Crippen molar-refractivity contribution in [3.8, 4) is 0 Å². The molecular formula is C22H23Cl2N5O2. The molecule has 4 rings (SSSR count). The zero-order valence-electron chi connectivity index (χ0n) is 17.1. The van der Waals surface area contributed by atoms with E-state index in [-0.39, 0.29) is 11.8 Å². The number of halogens is 2. The van der Waals surface area contributed by atoms with Gasteiger partial charge in [-0.15, -0.1) is 0 Å². The van der Waals surface area contributed by atoms with Crippen molar-refractivity contribution in [1.29, 1.82) is 0 Å². The van der Waals surface area contributed by atoms with E-state index in [4.69, 9.17) is 23.2 Å². The molecule has 1 fully saturated rings. The fourth-order valence-electron chi connectivity index (χ4n) is 3.70. The average Bonchev–Trinajstić information content (AvgIpc) is 3.20. The molecule has 0 unspecified atom stereocenters. The first-order chi connectivity index (χ1) is 14.9. The minimum Gasteiger partial charge on any atom is -0.340 e. The third kappa shape index (κ3) is 4.84. The molecule has 1 aliphatic heterocycles. The fraction of sp³-hybridized carbons (Fsp3) is 0.318. The van der Waals surface area contributed by atoms with Gasteiger partial charge in [0.15, 0.2) is 5.69 Å². The predicted octanol–water partition coefficient (Wildman–Crippen LogP) is 3.29. The first-order valence-corrected chi connectivity index (χ1v) is 10.8. The van der Waals surface area contributed by atoms with E-state index in [0.29, 0.717) is 55.0 Å². The Bertz CT molecular complexity index is 1110. The Kier molecular flexibility index (Phi) is 6.46. The molecule has 2 amide bonds. The van der Waals surface area contributed by atoms with Gasteiger partial charge in [-0.2, -0.15) is 5.10 Å². The Morgan fingerprint density at radius 1 is 1.06 bits per heavy atom. The van der Waals surface area contributed by atoms with Gasteiger partial charge in [-0.1, -0.05) is 47.5 Å². The molecule has 0 spiro atoms. The number of aromatic amines is 1. The van der Waals surface area contributed by atoms with Gasteiger partial charge in [0.25, 0.3) is 5.91 Å². The van der Waals surface area contributed by atoms with E-state index in [9.17, 15) is 9.59 Å². The number of hydrogen-bond acceptors (Lipinski definition) is 4. The van der Waals surface area contributed by atoms with Gasteiger partial charge in [0, 0.05) is 45.2 Å². The zero-order chi connectivity index (χ0) is 22.0. The molecule has 9 heteroatoms. The van der Waals surface area contributed by atoms with E-state index >= 15 is 0 Å².